The Bertz CT molecular complexity index is 473. The topological polar surface area (TPSA) is 64.0 Å². The van der Waals surface area contributed by atoms with Crippen molar-refractivity contribution in [1.82, 2.24) is 9.80 Å². The third-order valence-electron chi connectivity index (χ3n) is 3.55. The van der Waals surface area contributed by atoms with Crippen molar-refractivity contribution in [2.24, 2.45) is 0 Å². The summed E-state index contributed by atoms with van der Waals surface area (Å²) in [5.41, 5.74) is 0.490. The Kier molecular flexibility index (Phi) is 5.05. The lowest BCUT2D eigenvalue weighted by Crippen LogP contribution is -2.46. The highest BCUT2D eigenvalue weighted by Gasteiger charge is 2.17. The lowest BCUT2D eigenvalue weighted by molar-refractivity contribution is 0.0691. The number of aromatic carboxylic acids is 1. The quantitative estimate of drug-likeness (QED) is 0.829. The maximum Gasteiger partial charge on any atom is 0.338 e. The molecule has 1 aromatic carbocycles. The number of β-amino-alcohol motifs (C(OH)–C–C–N with tert-alkyl or cyclic N) is 1. The highest BCUT2D eigenvalue weighted by atomic mass is 19.1. The van der Waals surface area contributed by atoms with Crippen molar-refractivity contribution in [3.8, 4) is 0 Å². The Balaban J connectivity index is 1.91. The average Bonchev–Trinajstić information content (AvgIpc) is 2.41. The maximum absolute atomic E-state index is 13.6. The van der Waals surface area contributed by atoms with Crippen LogP contribution in [0, 0.1) is 5.82 Å². The second kappa shape index (κ2) is 6.78. The van der Waals surface area contributed by atoms with Crippen molar-refractivity contribution < 1.29 is 19.4 Å². The lowest BCUT2D eigenvalue weighted by atomic mass is 10.1. The molecule has 2 rings (SSSR count). The van der Waals surface area contributed by atoms with Gasteiger partial charge < -0.3 is 10.2 Å². The highest BCUT2D eigenvalue weighted by molar-refractivity contribution is 5.87. The minimum atomic E-state index is -1.24. The molecule has 0 aromatic heterocycles. The summed E-state index contributed by atoms with van der Waals surface area (Å²) in [6, 6.07) is 4.27. The summed E-state index contributed by atoms with van der Waals surface area (Å²) in [5.74, 6) is -1.93. The molecule has 0 aliphatic carbocycles. The average molecular weight is 282 g/mol. The Morgan fingerprint density at radius 2 is 1.85 bits per heavy atom. The van der Waals surface area contributed by atoms with Gasteiger partial charge in [0.05, 0.1) is 12.2 Å². The van der Waals surface area contributed by atoms with E-state index in [1.54, 1.807) is 6.07 Å². The van der Waals surface area contributed by atoms with Crippen LogP contribution in [0.2, 0.25) is 0 Å². The number of aliphatic hydroxyl groups excluding tert-OH is 1. The molecule has 1 aliphatic rings. The summed E-state index contributed by atoms with van der Waals surface area (Å²) in [4.78, 5) is 15.1. The fourth-order valence-corrected chi connectivity index (χ4v) is 2.40. The van der Waals surface area contributed by atoms with E-state index < -0.39 is 11.8 Å². The van der Waals surface area contributed by atoms with Gasteiger partial charge in [0.15, 0.2) is 0 Å². The number of piperazine rings is 1. The Labute approximate surface area is 117 Å². The number of halogens is 1. The molecule has 0 unspecified atom stereocenters. The molecule has 1 fully saturated rings. The molecule has 0 saturated carbocycles. The van der Waals surface area contributed by atoms with Gasteiger partial charge >= 0.3 is 5.97 Å². The molecule has 110 valence electrons. The third-order valence-corrected chi connectivity index (χ3v) is 3.55. The van der Waals surface area contributed by atoms with Gasteiger partial charge in [-0.05, 0) is 17.7 Å². The first-order valence-corrected chi connectivity index (χ1v) is 6.67. The van der Waals surface area contributed by atoms with E-state index in [0.717, 1.165) is 31.7 Å². The molecule has 6 heteroatoms. The van der Waals surface area contributed by atoms with Crippen molar-refractivity contribution >= 4 is 5.97 Å². The number of nitrogens with zero attached hydrogens (tertiary/aromatic N) is 2. The molecule has 0 amide bonds. The van der Waals surface area contributed by atoms with Crippen LogP contribution in [0.1, 0.15) is 15.9 Å². The summed E-state index contributed by atoms with van der Waals surface area (Å²) in [6.07, 6.45) is 0. The molecular weight excluding hydrogens is 263 g/mol. The zero-order chi connectivity index (χ0) is 14.5. The summed E-state index contributed by atoms with van der Waals surface area (Å²) < 4.78 is 13.6. The molecule has 1 aromatic rings. The van der Waals surface area contributed by atoms with E-state index in [1.807, 2.05) is 0 Å². The summed E-state index contributed by atoms with van der Waals surface area (Å²) in [5, 5.41) is 17.7. The van der Waals surface area contributed by atoms with E-state index in [0.29, 0.717) is 13.1 Å². The predicted molar refractivity (Wildman–Crippen MR) is 72.2 cm³/mol. The molecule has 0 bridgehead atoms. The molecule has 20 heavy (non-hydrogen) atoms. The second-order valence-corrected chi connectivity index (χ2v) is 4.96. The number of hydrogen-bond donors (Lipinski definition) is 2. The standard InChI is InChI=1S/C14H19FN2O3/c15-13-9-11(1-2-12(13)14(19)20)10-17-5-3-16(4-6-17)7-8-18/h1-2,9,18H,3-8,10H2,(H,19,20). The minimum absolute atomic E-state index is 0.169. The van der Waals surface area contributed by atoms with Crippen LogP contribution in [-0.2, 0) is 6.54 Å². The van der Waals surface area contributed by atoms with Crippen LogP contribution >= 0.6 is 0 Å². The van der Waals surface area contributed by atoms with Gasteiger partial charge in [0.2, 0.25) is 0 Å². The van der Waals surface area contributed by atoms with Crippen LogP contribution in [0.4, 0.5) is 4.39 Å². The summed E-state index contributed by atoms with van der Waals surface area (Å²) in [7, 11) is 0. The van der Waals surface area contributed by atoms with Crippen LogP contribution in [-0.4, -0.2) is 65.3 Å². The predicted octanol–water partition coefficient (Wildman–Crippen LogP) is 0.634. The monoisotopic (exact) mass is 282 g/mol. The van der Waals surface area contributed by atoms with Gasteiger partial charge in [0.1, 0.15) is 5.82 Å². The molecule has 1 heterocycles. The third kappa shape index (κ3) is 3.75. The zero-order valence-corrected chi connectivity index (χ0v) is 11.3. The number of rotatable bonds is 5. The number of carboxylic acids is 1. The smallest absolute Gasteiger partial charge is 0.338 e. The number of hydrogen-bond acceptors (Lipinski definition) is 4. The van der Waals surface area contributed by atoms with Gasteiger partial charge in [-0.2, -0.15) is 0 Å². The number of carbonyl (C=O) groups is 1. The van der Waals surface area contributed by atoms with E-state index in [4.69, 9.17) is 10.2 Å². The van der Waals surface area contributed by atoms with Crippen LogP contribution < -0.4 is 0 Å². The highest BCUT2D eigenvalue weighted by Crippen LogP contribution is 2.13. The first-order chi connectivity index (χ1) is 9.60. The van der Waals surface area contributed by atoms with Crippen LogP contribution in [0.3, 0.4) is 0 Å². The van der Waals surface area contributed by atoms with Crippen LogP contribution in [0.15, 0.2) is 18.2 Å². The summed E-state index contributed by atoms with van der Waals surface area (Å²) in [6.45, 7) is 4.97. The largest absolute Gasteiger partial charge is 0.478 e. The molecule has 5 nitrogen and oxygen atoms in total. The minimum Gasteiger partial charge on any atom is -0.478 e. The van der Waals surface area contributed by atoms with Gasteiger partial charge in [-0.25, -0.2) is 9.18 Å². The Hall–Kier alpha value is -1.50. The van der Waals surface area contributed by atoms with Crippen LogP contribution in [0.25, 0.3) is 0 Å². The molecule has 1 saturated heterocycles. The van der Waals surface area contributed by atoms with E-state index in [1.165, 1.54) is 12.1 Å². The molecule has 0 spiro atoms. The normalized spacial score (nSPS) is 17.3. The van der Waals surface area contributed by atoms with Crippen molar-refractivity contribution in [1.29, 1.82) is 0 Å². The van der Waals surface area contributed by atoms with E-state index in [2.05, 4.69) is 9.80 Å². The van der Waals surface area contributed by atoms with Gasteiger partial charge in [-0.1, -0.05) is 6.07 Å². The van der Waals surface area contributed by atoms with Crippen molar-refractivity contribution in [3.63, 3.8) is 0 Å². The second-order valence-electron chi connectivity index (χ2n) is 4.96. The van der Waals surface area contributed by atoms with Crippen LogP contribution in [0.5, 0.6) is 0 Å². The molecular formula is C14H19FN2O3. The fourth-order valence-electron chi connectivity index (χ4n) is 2.40. The number of benzene rings is 1. The van der Waals surface area contributed by atoms with Gasteiger partial charge in [0, 0.05) is 39.3 Å². The number of carboxylic acid groups (broad SMARTS) is 1. The molecule has 1 aliphatic heterocycles. The van der Waals surface area contributed by atoms with E-state index in [9.17, 15) is 9.18 Å². The number of aliphatic hydroxyl groups is 1. The lowest BCUT2D eigenvalue weighted by Gasteiger charge is -2.34. The SMILES string of the molecule is O=C(O)c1ccc(CN2CCN(CCO)CC2)cc1F. The van der Waals surface area contributed by atoms with Crippen molar-refractivity contribution in [2.75, 3.05) is 39.3 Å². The van der Waals surface area contributed by atoms with Gasteiger partial charge in [-0.3, -0.25) is 9.80 Å². The summed E-state index contributed by atoms with van der Waals surface area (Å²) >= 11 is 0. The van der Waals surface area contributed by atoms with Gasteiger partial charge in [-0.15, -0.1) is 0 Å². The van der Waals surface area contributed by atoms with Crippen molar-refractivity contribution in [2.45, 2.75) is 6.54 Å². The molecule has 2 N–H and O–H groups in total. The first-order valence-electron chi connectivity index (χ1n) is 6.67. The molecule has 0 atom stereocenters. The Morgan fingerprint density at radius 3 is 2.40 bits per heavy atom. The fraction of sp³-hybridized carbons (Fsp3) is 0.500. The zero-order valence-electron chi connectivity index (χ0n) is 11.3. The van der Waals surface area contributed by atoms with Crippen molar-refractivity contribution in [3.05, 3.63) is 35.1 Å². The van der Waals surface area contributed by atoms with E-state index in [-0.39, 0.29) is 12.2 Å². The van der Waals surface area contributed by atoms with E-state index >= 15 is 0 Å². The maximum atomic E-state index is 13.6. The first kappa shape index (κ1) is 14.9. The Morgan fingerprint density at radius 1 is 1.20 bits per heavy atom. The molecule has 0 radical (unpaired) electrons. The van der Waals surface area contributed by atoms with Gasteiger partial charge in [0.25, 0.3) is 0 Å².